The largest absolute Gasteiger partial charge is 0.496 e. The van der Waals surface area contributed by atoms with Crippen molar-refractivity contribution in [2.24, 2.45) is 4.99 Å². The normalized spacial score (nSPS) is 10.7. The van der Waals surface area contributed by atoms with E-state index in [1.807, 2.05) is 38.1 Å². The lowest BCUT2D eigenvalue weighted by atomic mass is 10.1. The van der Waals surface area contributed by atoms with Crippen LogP contribution in [0.15, 0.2) is 41.4 Å². The zero-order chi connectivity index (χ0) is 19.6. The molecule has 0 atom stereocenters. The van der Waals surface area contributed by atoms with E-state index >= 15 is 0 Å². The average molecular weight is 499 g/mol. The summed E-state index contributed by atoms with van der Waals surface area (Å²) in [7, 11) is 4.95. The standard InChI is InChI=1S/C21H29N3O3.HI/c1-6-22-21(23-13-16-11-10-15(2)12-19(16)26-4)24-14-17-8-7-9-18(25-3)20(17)27-5;/h7-12H,6,13-14H2,1-5H3,(H2,22,23,24);1H. The molecule has 0 bridgehead atoms. The van der Waals surface area contributed by atoms with Crippen molar-refractivity contribution in [3.8, 4) is 17.2 Å². The van der Waals surface area contributed by atoms with Gasteiger partial charge in [-0.05, 0) is 31.5 Å². The first-order valence-corrected chi connectivity index (χ1v) is 8.98. The molecule has 28 heavy (non-hydrogen) atoms. The lowest BCUT2D eigenvalue weighted by Gasteiger charge is -2.15. The first-order chi connectivity index (χ1) is 13.1. The summed E-state index contributed by atoms with van der Waals surface area (Å²) in [6.07, 6.45) is 0. The minimum absolute atomic E-state index is 0. The van der Waals surface area contributed by atoms with Gasteiger partial charge in [-0.25, -0.2) is 4.99 Å². The van der Waals surface area contributed by atoms with Crippen LogP contribution in [0.4, 0.5) is 0 Å². The van der Waals surface area contributed by atoms with E-state index in [1.54, 1.807) is 21.3 Å². The molecule has 0 aliphatic heterocycles. The number of hydrogen-bond acceptors (Lipinski definition) is 4. The SMILES string of the molecule is CCNC(=NCc1cccc(OC)c1OC)NCc1ccc(C)cc1OC.I. The molecule has 0 aliphatic rings. The lowest BCUT2D eigenvalue weighted by Crippen LogP contribution is -2.36. The Morgan fingerprint density at radius 1 is 0.929 bits per heavy atom. The van der Waals surface area contributed by atoms with Gasteiger partial charge in [0.25, 0.3) is 0 Å². The molecule has 0 aliphatic carbocycles. The summed E-state index contributed by atoms with van der Waals surface area (Å²) in [5, 5.41) is 6.62. The van der Waals surface area contributed by atoms with Crippen LogP contribution in [-0.4, -0.2) is 33.8 Å². The van der Waals surface area contributed by atoms with Gasteiger partial charge in [0, 0.05) is 24.2 Å². The van der Waals surface area contributed by atoms with Crippen LogP contribution in [0.25, 0.3) is 0 Å². The van der Waals surface area contributed by atoms with Gasteiger partial charge in [0.1, 0.15) is 5.75 Å². The molecular formula is C21H30IN3O3. The Bertz CT molecular complexity index is 781. The molecule has 2 aromatic carbocycles. The summed E-state index contributed by atoms with van der Waals surface area (Å²) in [6.45, 7) is 5.94. The van der Waals surface area contributed by atoms with E-state index in [1.165, 1.54) is 5.56 Å². The summed E-state index contributed by atoms with van der Waals surface area (Å²) in [6, 6.07) is 12.0. The fraction of sp³-hybridized carbons (Fsp3) is 0.381. The van der Waals surface area contributed by atoms with Crippen LogP contribution in [0.2, 0.25) is 0 Å². The maximum atomic E-state index is 5.48. The van der Waals surface area contributed by atoms with E-state index in [4.69, 9.17) is 14.2 Å². The molecule has 6 nitrogen and oxygen atoms in total. The maximum absolute atomic E-state index is 5.48. The van der Waals surface area contributed by atoms with Crippen LogP contribution in [0, 0.1) is 6.92 Å². The van der Waals surface area contributed by atoms with E-state index in [9.17, 15) is 0 Å². The Morgan fingerprint density at radius 2 is 1.68 bits per heavy atom. The van der Waals surface area contributed by atoms with E-state index < -0.39 is 0 Å². The van der Waals surface area contributed by atoms with Crippen LogP contribution < -0.4 is 24.8 Å². The number of ether oxygens (including phenoxy) is 3. The van der Waals surface area contributed by atoms with Crippen molar-refractivity contribution in [2.75, 3.05) is 27.9 Å². The molecule has 0 heterocycles. The molecule has 0 aromatic heterocycles. The third kappa shape index (κ3) is 6.47. The molecule has 0 saturated heterocycles. The highest BCUT2D eigenvalue weighted by atomic mass is 127. The summed E-state index contributed by atoms with van der Waals surface area (Å²) in [4.78, 5) is 4.67. The quantitative estimate of drug-likeness (QED) is 0.328. The highest BCUT2D eigenvalue weighted by Gasteiger charge is 2.10. The van der Waals surface area contributed by atoms with Gasteiger partial charge in [0.15, 0.2) is 17.5 Å². The number of aliphatic imine (C=N–C) groups is 1. The number of hydrogen-bond donors (Lipinski definition) is 2. The van der Waals surface area contributed by atoms with Gasteiger partial charge in [0.05, 0.1) is 27.9 Å². The van der Waals surface area contributed by atoms with Crippen LogP contribution in [0.1, 0.15) is 23.6 Å². The van der Waals surface area contributed by atoms with Crippen molar-refractivity contribution in [1.82, 2.24) is 10.6 Å². The number of methoxy groups -OCH3 is 3. The molecule has 154 valence electrons. The molecular weight excluding hydrogens is 469 g/mol. The fourth-order valence-electron chi connectivity index (χ4n) is 2.76. The summed E-state index contributed by atoms with van der Waals surface area (Å²) in [5.74, 6) is 3.00. The topological polar surface area (TPSA) is 64.1 Å². The predicted molar refractivity (Wildman–Crippen MR) is 124 cm³/mol. The molecule has 0 unspecified atom stereocenters. The van der Waals surface area contributed by atoms with Gasteiger partial charge in [-0.2, -0.15) is 0 Å². The average Bonchev–Trinajstić information content (AvgIpc) is 2.70. The molecule has 2 rings (SSSR count). The van der Waals surface area contributed by atoms with Crippen molar-refractivity contribution < 1.29 is 14.2 Å². The molecule has 0 radical (unpaired) electrons. The predicted octanol–water partition coefficient (Wildman–Crippen LogP) is 3.89. The van der Waals surface area contributed by atoms with Crippen LogP contribution in [0.5, 0.6) is 17.2 Å². The minimum atomic E-state index is 0. The van der Waals surface area contributed by atoms with Crippen molar-refractivity contribution in [2.45, 2.75) is 26.9 Å². The number of guanidine groups is 1. The number of halogens is 1. The summed E-state index contributed by atoms with van der Waals surface area (Å²) in [5.41, 5.74) is 3.20. The molecule has 0 fully saturated rings. The van der Waals surface area contributed by atoms with Crippen molar-refractivity contribution >= 4 is 29.9 Å². The number of rotatable bonds is 8. The van der Waals surface area contributed by atoms with Gasteiger partial charge < -0.3 is 24.8 Å². The van der Waals surface area contributed by atoms with Crippen molar-refractivity contribution in [3.05, 3.63) is 53.1 Å². The van der Waals surface area contributed by atoms with Gasteiger partial charge in [-0.15, -0.1) is 24.0 Å². The zero-order valence-electron chi connectivity index (χ0n) is 17.2. The smallest absolute Gasteiger partial charge is 0.191 e. The summed E-state index contributed by atoms with van der Waals surface area (Å²) < 4.78 is 16.3. The van der Waals surface area contributed by atoms with Crippen molar-refractivity contribution in [1.29, 1.82) is 0 Å². The van der Waals surface area contributed by atoms with Crippen LogP contribution in [-0.2, 0) is 13.1 Å². The Hall–Kier alpha value is -2.16. The minimum Gasteiger partial charge on any atom is -0.496 e. The van der Waals surface area contributed by atoms with Gasteiger partial charge in [-0.3, -0.25) is 0 Å². The number of nitrogens with zero attached hydrogens (tertiary/aromatic N) is 1. The maximum Gasteiger partial charge on any atom is 0.191 e. The zero-order valence-corrected chi connectivity index (χ0v) is 19.5. The molecule has 0 saturated carbocycles. The van der Waals surface area contributed by atoms with E-state index in [0.717, 1.165) is 29.4 Å². The molecule has 0 spiro atoms. The second-order valence-electron chi connectivity index (χ2n) is 6.02. The Kier molecular flexibility index (Phi) is 10.5. The molecule has 2 aromatic rings. The third-order valence-corrected chi connectivity index (χ3v) is 4.13. The number of benzene rings is 2. The second-order valence-corrected chi connectivity index (χ2v) is 6.02. The highest BCUT2D eigenvalue weighted by molar-refractivity contribution is 14.0. The van der Waals surface area contributed by atoms with Crippen molar-refractivity contribution in [3.63, 3.8) is 0 Å². The fourth-order valence-corrected chi connectivity index (χ4v) is 2.76. The number of para-hydroxylation sites is 1. The molecule has 0 amide bonds. The number of aryl methyl sites for hydroxylation is 1. The Labute approximate surface area is 184 Å². The van der Waals surface area contributed by atoms with Gasteiger partial charge in [-0.1, -0.05) is 24.3 Å². The summed E-state index contributed by atoms with van der Waals surface area (Å²) >= 11 is 0. The van der Waals surface area contributed by atoms with E-state index in [2.05, 4.69) is 27.8 Å². The monoisotopic (exact) mass is 499 g/mol. The Balaban J connectivity index is 0.00000392. The Morgan fingerprint density at radius 3 is 2.32 bits per heavy atom. The second kappa shape index (κ2) is 12.3. The van der Waals surface area contributed by atoms with Gasteiger partial charge >= 0.3 is 0 Å². The first-order valence-electron chi connectivity index (χ1n) is 8.98. The van der Waals surface area contributed by atoms with Crippen LogP contribution in [0.3, 0.4) is 0 Å². The third-order valence-electron chi connectivity index (χ3n) is 4.13. The van der Waals surface area contributed by atoms with Crippen LogP contribution >= 0.6 is 24.0 Å². The lowest BCUT2D eigenvalue weighted by molar-refractivity contribution is 0.352. The molecule has 2 N–H and O–H groups in total. The highest BCUT2D eigenvalue weighted by Crippen LogP contribution is 2.31. The first kappa shape index (κ1) is 23.9. The number of nitrogens with one attached hydrogen (secondary N) is 2. The van der Waals surface area contributed by atoms with E-state index in [-0.39, 0.29) is 24.0 Å². The van der Waals surface area contributed by atoms with E-state index in [0.29, 0.717) is 24.6 Å². The molecule has 7 heteroatoms. The van der Waals surface area contributed by atoms with Gasteiger partial charge in [0.2, 0.25) is 0 Å².